The van der Waals surface area contributed by atoms with Crippen LogP contribution < -0.4 is 10.6 Å². The molecule has 0 bridgehead atoms. The Bertz CT molecular complexity index is 1050. The SMILES string of the molecule is CC[C@@H](C)[C@H](NC(=O)OCc1ccccc1)C(=O)N[C@H](C=O)Cc1c[nH]c2ccccc12. The van der Waals surface area contributed by atoms with E-state index in [1.807, 2.05) is 74.6 Å². The third-order valence-corrected chi connectivity index (χ3v) is 5.59. The summed E-state index contributed by atoms with van der Waals surface area (Å²) in [6, 6.07) is 15.6. The molecule has 1 heterocycles. The Morgan fingerprint density at radius 1 is 1.06 bits per heavy atom. The van der Waals surface area contributed by atoms with Crippen LogP contribution in [-0.2, 0) is 27.4 Å². The Morgan fingerprint density at radius 3 is 2.50 bits per heavy atom. The number of ether oxygens (including phenoxy) is 1. The molecule has 168 valence electrons. The fourth-order valence-electron chi connectivity index (χ4n) is 3.54. The van der Waals surface area contributed by atoms with Crippen molar-refractivity contribution in [1.82, 2.24) is 15.6 Å². The maximum absolute atomic E-state index is 13.0. The molecule has 0 aliphatic carbocycles. The molecule has 3 atom stereocenters. The number of amides is 2. The van der Waals surface area contributed by atoms with Crippen molar-refractivity contribution in [3.05, 3.63) is 71.9 Å². The number of H-pyrrole nitrogens is 1. The lowest BCUT2D eigenvalue weighted by atomic mass is 9.97. The molecule has 0 unspecified atom stereocenters. The number of hydrogen-bond acceptors (Lipinski definition) is 4. The first kappa shape index (κ1) is 23.1. The van der Waals surface area contributed by atoms with Crippen LogP contribution in [0.25, 0.3) is 10.9 Å². The van der Waals surface area contributed by atoms with Gasteiger partial charge in [0.15, 0.2) is 0 Å². The Hall–Kier alpha value is -3.61. The summed E-state index contributed by atoms with van der Waals surface area (Å²) in [4.78, 5) is 40.2. The summed E-state index contributed by atoms with van der Waals surface area (Å²) < 4.78 is 5.26. The third-order valence-electron chi connectivity index (χ3n) is 5.59. The highest BCUT2D eigenvalue weighted by Crippen LogP contribution is 2.19. The van der Waals surface area contributed by atoms with Crippen LogP contribution in [0.3, 0.4) is 0 Å². The molecular weight excluding hydrogens is 406 g/mol. The van der Waals surface area contributed by atoms with E-state index >= 15 is 0 Å². The molecule has 0 fully saturated rings. The van der Waals surface area contributed by atoms with Crippen molar-refractivity contribution in [2.24, 2.45) is 5.92 Å². The van der Waals surface area contributed by atoms with E-state index in [4.69, 9.17) is 4.74 Å². The van der Waals surface area contributed by atoms with Crippen molar-refractivity contribution in [1.29, 1.82) is 0 Å². The van der Waals surface area contributed by atoms with Crippen LogP contribution in [0.2, 0.25) is 0 Å². The maximum Gasteiger partial charge on any atom is 0.408 e. The van der Waals surface area contributed by atoms with Gasteiger partial charge in [0.05, 0.1) is 6.04 Å². The van der Waals surface area contributed by atoms with Crippen LogP contribution in [0.1, 0.15) is 31.4 Å². The van der Waals surface area contributed by atoms with Crippen molar-refractivity contribution in [3.63, 3.8) is 0 Å². The molecule has 0 saturated carbocycles. The van der Waals surface area contributed by atoms with Crippen molar-refractivity contribution < 1.29 is 19.1 Å². The molecule has 0 saturated heterocycles. The minimum Gasteiger partial charge on any atom is -0.445 e. The van der Waals surface area contributed by atoms with Crippen LogP contribution in [0.15, 0.2) is 60.8 Å². The summed E-state index contributed by atoms with van der Waals surface area (Å²) in [5.74, 6) is -0.549. The highest BCUT2D eigenvalue weighted by molar-refractivity contribution is 5.88. The zero-order valence-corrected chi connectivity index (χ0v) is 18.3. The molecule has 0 radical (unpaired) electrons. The average molecular weight is 436 g/mol. The minimum absolute atomic E-state index is 0.110. The van der Waals surface area contributed by atoms with Gasteiger partial charge in [-0.15, -0.1) is 0 Å². The Balaban J connectivity index is 1.62. The van der Waals surface area contributed by atoms with Gasteiger partial charge in [-0.05, 0) is 23.1 Å². The quantitative estimate of drug-likeness (QED) is 0.423. The second-order valence-corrected chi connectivity index (χ2v) is 7.88. The Labute approximate surface area is 187 Å². The number of aldehydes is 1. The standard InChI is InChI=1S/C25H29N3O4/c1-3-17(2)23(28-25(31)32-16-18-9-5-4-6-10-18)24(30)27-20(15-29)13-19-14-26-22-12-8-7-11-21(19)22/h4-12,14-15,17,20,23,26H,3,13,16H2,1-2H3,(H,27,30)(H,28,31)/t17-,20+,23+/m1/s1. The fraction of sp³-hybridized carbons (Fsp3) is 0.320. The van der Waals surface area contributed by atoms with E-state index in [9.17, 15) is 14.4 Å². The highest BCUT2D eigenvalue weighted by atomic mass is 16.5. The second kappa shape index (κ2) is 11.1. The number of nitrogens with one attached hydrogen (secondary N) is 3. The normalized spacial score (nSPS) is 13.7. The van der Waals surface area contributed by atoms with Crippen LogP contribution in [-0.4, -0.2) is 35.4 Å². The number of fused-ring (bicyclic) bond motifs is 1. The second-order valence-electron chi connectivity index (χ2n) is 7.88. The van der Waals surface area contributed by atoms with Gasteiger partial charge in [0.2, 0.25) is 5.91 Å². The van der Waals surface area contributed by atoms with Crippen LogP contribution in [0.5, 0.6) is 0 Å². The number of carbonyl (C=O) groups excluding carboxylic acids is 3. The molecular formula is C25H29N3O4. The van der Waals surface area contributed by atoms with Crippen LogP contribution >= 0.6 is 0 Å². The van der Waals surface area contributed by atoms with Crippen molar-refractivity contribution in [3.8, 4) is 0 Å². The molecule has 0 aliphatic heterocycles. The Morgan fingerprint density at radius 2 is 1.78 bits per heavy atom. The number of benzene rings is 2. The van der Waals surface area contributed by atoms with Gasteiger partial charge < -0.3 is 25.1 Å². The lowest BCUT2D eigenvalue weighted by molar-refractivity contribution is -0.126. The van der Waals surface area contributed by atoms with E-state index in [2.05, 4.69) is 15.6 Å². The molecule has 2 aromatic carbocycles. The van der Waals surface area contributed by atoms with Crippen molar-refractivity contribution in [2.45, 2.75) is 45.4 Å². The molecule has 3 rings (SSSR count). The van der Waals surface area contributed by atoms with E-state index in [1.165, 1.54) is 0 Å². The van der Waals surface area contributed by atoms with Crippen molar-refractivity contribution >= 4 is 29.2 Å². The lowest BCUT2D eigenvalue weighted by Gasteiger charge is -2.25. The zero-order chi connectivity index (χ0) is 22.9. The van der Waals surface area contributed by atoms with Crippen molar-refractivity contribution in [2.75, 3.05) is 0 Å². The number of hydrogen-bond donors (Lipinski definition) is 3. The summed E-state index contributed by atoms with van der Waals surface area (Å²) in [5.41, 5.74) is 2.76. The predicted octanol–water partition coefficient (Wildman–Crippen LogP) is 3.74. The van der Waals surface area contributed by atoms with E-state index in [0.29, 0.717) is 12.8 Å². The summed E-state index contributed by atoms with van der Waals surface area (Å²) in [5, 5.41) is 6.44. The average Bonchev–Trinajstić information content (AvgIpc) is 3.23. The van der Waals surface area contributed by atoms with Gasteiger partial charge in [-0.25, -0.2) is 4.79 Å². The minimum atomic E-state index is -0.811. The number of alkyl carbamates (subject to hydrolysis) is 1. The van der Waals surface area contributed by atoms with Crippen LogP contribution in [0.4, 0.5) is 4.79 Å². The fourth-order valence-corrected chi connectivity index (χ4v) is 3.54. The summed E-state index contributed by atoms with van der Waals surface area (Å²) >= 11 is 0. The number of para-hydroxylation sites is 1. The van der Waals surface area contributed by atoms with E-state index in [-0.39, 0.29) is 12.5 Å². The number of aromatic amines is 1. The molecule has 3 N–H and O–H groups in total. The maximum atomic E-state index is 13.0. The molecule has 3 aromatic rings. The summed E-state index contributed by atoms with van der Waals surface area (Å²) in [6.45, 7) is 3.92. The van der Waals surface area contributed by atoms with E-state index in [0.717, 1.165) is 28.3 Å². The molecule has 7 nitrogen and oxygen atoms in total. The number of carbonyl (C=O) groups is 3. The first-order valence-corrected chi connectivity index (χ1v) is 10.8. The predicted molar refractivity (Wildman–Crippen MR) is 123 cm³/mol. The third kappa shape index (κ3) is 5.97. The largest absolute Gasteiger partial charge is 0.445 e. The summed E-state index contributed by atoms with van der Waals surface area (Å²) in [7, 11) is 0. The van der Waals surface area contributed by atoms with Gasteiger partial charge >= 0.3 is 6.09 Å². The first-order chi connectivity index (χ1) is 15.5. The molecule has 0 spiro atoms. The van der Waals surface area contributed by atoms with Gasteiger partial charge in [0, 0.05) is 23.5 Å². The number of aromatic nitrogens is 1. The summed E-state index contributed by atoms with van der Waals surface area (Å²) in [6.07, 6.45) is 2.92. The number of rotatable bonds is 10. The molecule has 1 aromatic heterocycles. The Kier molecular flexibility index (Phi) is 8.02. The topological polar surface area (TPSA) is 100 Å². The van der Waals surface area contributed by atoms with Gasteiger partial charge in [0.1, 0.15) is 18.9 Å². The molecule has 0 aliphatic rings. The smallest absolute Gasteiger partial charge is 0.408 e. The van der Waals surface area contributed by atoms with Gasteiger partial charge in [-0.1, -0.05) is 68.8 Å². The monoisotopic (exact) mass is 435 g/mol. The van der Waals surface area contributed by atoms with E-state index < -0.39 is 24.1 Å². The van der Waals surface area contributed by atoms with Crippen LogP contribution in [0, 0.1) is 5.92 Å². The first-order valence-electron chi connectivity index (χ1n) is 10.8. The molecule has 7 heteroatoms. The lowest BCUT2D eigenvalue weighted by Crippen LogP contribution is -2.53. The zero-order valence-electron chi connectivity index (χ0n) is 18.3. The van der Waals surface area contributed by atoms with Gasteiger partial charge in [-0.2, -0.15) is 0 Å². The highest BCUT2D eigenvalue weighted by Gasteiger charge is 2.28. The van der Waals surface area contributed by atoms with Gasteiger partial charge in [-0.3, -0.25) is 4.79 Å². The van der Waals surface area contributed by atoms with E-state index in [1.54, 1.807) is 0 Å². The van der Waals surface area contributed by atoms with Gasteiger partial charge in [0.25, 0.3) is 0 Å². The molecule has 2 amide bonds. The molecule has 32 heavy (non-hydrogen) atoms.